The lowest BCUT2D eigenvalue weighted by molar-refractivity contribution is -0.159. The van der Waals surface area contributed by atoms with Gasteiger partial charge in [-0.3, -0.25) is 9.59 Å². The van der Waals surface area contributed by atoms with Gasteiger partial charge < -0.3 is 10.2 Å². The van der Waals surface area contributed by atoms with Crippen molar-refractivity contribution in [1.82, 2.24) is 15.1 Å². The molecule has 1 atom stereocenters. The van der Waals surface area contributed by atoms with E-state index in [0.717, 1.165) is 10.5 Å². The van der Waals surface area contributed by atoms with Crippen molar-refractivity contribution in [3.05, 3.63) is 35.9 Å². The van der Waals surface area contributed by atoms with Crippen LogP contribution in [0, 0.1) is 0 Å². The number of carbonyl (C=O) groups is 3. The van der Waals surface area contributed by atoms with Gasteiger partial charge in [0.1, 0.15) is 18.1 Å². The van der Waals surface area contributed by atoms with Crippen LogP contribution in [0.4, 0.5) is 18.0 Å². The van der Waals surface area contributed by atoms with E-state index in [1.165, 1.54) is 0 Å². The summed E-state index contributed by atoms with van der Waals surface area (Å²) in [6.07, 6.45) is -3.65. The van der Waals surface area contributed by atoms with Gasteiger partial charge in [-0.25, -0.2) is 9.69 Å². The van der Waals surface area contributed by atoms with Crippen LogP contribution < -0.4 is 5.32 Å². The molecule has 1 N–H and O–H groups in total. The fourth-order valence-corrected chi connectivity index (χ4v) is 4.28. The van der Waals surface area contributed by atoms with Gasteiger partial charge in [-0.1, -0.05) is 30.3 Å². The number of urea groups is 1. The Bertz CT molecular complexity index is 790. The van der Waals surface area contributed by atoms with E-state index in [1.54, 1.807) is 0 Å². The Kier molecular flexibility index (Phi) is 3.94. The minimum absolute atomic E-state index is 0.0201. The minimum atomic E-state index is -4.51. The van der Waals surface area contributed by atoms with Gasteiger partial charge in [-0.2, -0.15) is 13.2 Å². The third-order valence-corrected chi connectivity index (χ3v) is 5.60. The van der Waals surface area contributed by atoms with Crippen molar-refractivity contribution < 1.29 is 27.6 Å². The summed E-state index contributed by atoms with van der Waals surface area (Å²) in [6.45, 7) is -1.49. The molecule has 1 spiro atoms. The zero-order valence-electron chi connectivity index (χ0n) is 14.3. The second-order valence-corrected chi connectivity index (χ2v) is 7.38. The quantitative estimate of drug-likeness (QED) is 0.815. The molecule has 9 heteroatoms. The summed E-state index contributed by atoms with van der Waals surface area (Å²) in [7, 11) is 0. The van der Waals surface area contributed by atoms with Gasteiger partial charge >= 0.3 is 12.2 Å². The maximum Gasteiger partial charge on any atom is 0.406 e. The average molecular weight is 381 g/mol. The van der Waals surface area contributed by atoms with Crippen molar-refractivity contribution >= 4 is 17.8 Å². The van der Waals surface area contributed by atoms with Crippen molar-refractivity contribution in [1.29, 1.82) is 0 Å². The Morgan fingerprint density at radius 2 is 1.78 bits per heavy atom. The minimum Gasteiger partial charge on any atom is -0.332 e. The van der Waals surface area contributed by atoms with E-state index in [0.29, 0.717) is 17.7 Å². The molecule has 144 valence electrons. The molecule has 1 aromatic carbocycles. The van der Waals surface area contributed by atoms with Gasteiger partial charge in [0.25, 0.3) is 5.91 Å². The predicted octanol–water partition coefficient (Wildman–Crippen LogP) is 2.02. The van der Waals surface area contributed by atoms with Crippen molar-refractivity contribution in [2.45, 2.75) is 42.9 Å². The number of imide groups is 1. The van der Waals surface area contributed by atoms with Gasteiger partial charge in [0.05, 0.1) is 0 Å². The first-order valence-electron chi connectivity index (χ1n) is 8.76. The summed E-state index contributed by atoms with van der Waals surface area (Å²) in [5.41, 5.74) is 0.0203. The maximum absolute atomic E-state index is 12.9. The number of nitrogens with zero attached hydrogens (tertiary/aromatic N) is 2. The standard InChI is InChI=1S/C18H18F3N3O3/c19-18(20,21)10-23-7-6-13(14(23)25)24-15(26)17(22-16(24)27)8-12(9-17)11-4-2-1-3-5-11/h1-5,12-13H,6-10H2,(H,22,27). The highest BCUT2D eigenvalue weighted by Crippen LogP contribution is 2.48. The van der Waals surface area contributed by atoms with Crippen molar-refractivity contribution in [2.24, 2.45) is 0 Å². The normalized spacial score (nSPS) is 30.9. The van der Waals surface area contributed by atoms with E-state index in [1.807, 2.05) is 30.3 Å². The summed E-state index contributed by atoms with van der Waals surface area (Å²) in [4.78, 5) is 39.0. The average Bonchev–Trinajstić information content (AvgIpc) is 3.03. The second kappa shape index (κ2) is 5.97. The number of hydrogen-bond acceptors (Lipinski definition) is 3. The Labute approximate surface area is 153 Å². The summed E-state index contributed by atoms with van der Waals surface area (Å²) in [5, 5.41) is 2.67. The molecule has 1 unspecified atom stereocenters. The highest BCUT2D eigenvalue weighted by molar-refractivity contribution is 6.10. The number of nitrogens with one attached hydrogen (secondary N) is 1. The van der Waals surface area contributed by atoms with Crippen LogP contribution in [-0.2, 0) is 9.59 Å². The number of carbonyl (C=O) groups excluding carboxylic acids is 3. The van der Waals surface area contributed by atoms with Crippen molar-refractivity contribution in [2.75, 3.05) is 13.1 Å². The number of hydrogen-bond donors (Lipinski definition) is 1. The first-order chi connectivity index (χ1) is 12.7. The third kappa shape index (κ3) is 2.94. The Morgan fingerprint density at radius 1 is 1.11 bits per heavy atom. The zero-order chi connectivity index (χ0) is 19.4. The molecule has 4 amide bonds. The van der Waals surface area contributed by atoms with E-state index in [-0.39, 0.29) is 18.9 Å². The van der Waals surface area contributed by atoms with Gasteiger partial charge in [0, 0.05) is 6.54 Å². The molecule has 1 aliphatic carbocycles. The van der Waals surface area contributed by atoms with Gasteiger partial charge in [-0.15, -0.1) is 0 Å². The van der Waals surface area contributed by atoms with Crippen LogP contribution in [0.5, 0.6) is 0 Å². The molecule has 0 bridgehead atoms. The third-order valence-electron chi connectivity index (χ3n) is 5.60. The molecule has 6 nitrogen and oxygen atoms in total. The smallest absolute Gasteiger partial charge is 0.332 e. The molecule has 1 saturated carbocycles. The lowest BCUT2D eigenvalue weighted by atomic mass is 9.65. The van der Waals surface area contributed by atoms with Crippen LogP contribution >= 0.6 is 0 Å². The first-order valence-corrected chi connectivity index (χ1v) is 8.76. The summed E-state index contributed by atoms with van der Waals surface area (Å²) >= 11 is 0. The predicted molar refractivity (Wildman–Crippen MR) is 87.6 cm³/mol. The number of rotatable bonds is 3. The Morgan fingerprint density at radius 3 is 2.41 bits per heavy atom. The highest BCUT2D eigenvalue weighted by atomic mass is 19.4. The topological polar surface area (TPSA) is 69.7 Å². The fraction of sp³-hybridized carbons (Fsp3) is 0.500. The van der Waals surface area contributed by atoms with E-state index in [2.05, 4.69) is 5.32 Å². The SMILES string of the molecule is O=C1C(N2C(=O)NC3(CC(c4ccccc4)C3)C2=O)CCN1CC(F)(F)F. The molecule has 1 aromatic rings. The van der Waals surface area contributed by atoms with E-state index in [4.69, 9.17) is 0 Å². The van der Waals surface area contributed by atoms with Crippen molar-refractivity contribution in [3.63, 3.8) is 0 Å². The van der Waals surface area contributed by atoms with Crippen LogP contribution in [0.25, 0.3) is 0 Å². The molecule has 3 aliphatic rings. The summed E-state index contributed by atoms with van der Waals surface area (Å²) in [6, 6.07) is 7.73. The monoisotopic (exact) mass is 381 g/mol. The molecule has 2 saturated heterocycles. The first kappa shape index (κ1) is 17.8. The van der Waals surface area contributed by atoms with E-state index >= 15 is 0 Å². The zero-order valence-corrected chi connectivity index (χ0v) is 14.3. The van der Waals surface area contributed by atoms with Crippen LogP contribution in [0.3, 0.4) is 0 Å². The highest BCUT2D eigenvalue weighted by Gasteiger charge is 2.61. The molecule has 0 radical (unpaired) electrons. The summed E-state index contributed by atoms with van der Waals surface area (Å²) < 4.78 is 37.7. The van der Waals surface area contributed by atoms with Crippen molar-refractivity contribution in [3.8, 4) is 0 Å². The van der Waals surface area contributed by atoms with E-state index in [9.17, 15) is 27.6 Å². The number of alkyl halides is 3. The second-order valence-electron chi connectivity index (χ2n) is 7.38. The summed E-state index contributed by atoms with van der Waals surface area (Å²) in [5.74, 6) is -1.21. The maximum atomic E-state index is 12.9. The molecule has 2 aliphatic heterocycles. The van der Waals surface area contributed by atoms with Gasteiger partial charge in [0.15, 0.2) is 0 Å². The fourth-order valence-electron chi connectivity index (χ4n) is 4.28. The molecule has 3 fully saturated rings. The van der Waals surface area contributed by atoms with Crippen LogP contribution in [-0.4, -0.2) is 58.5 Å². The lowest BCUT2D eigenvalue weighted by Crippen LogP contribution is -2.56. The number of halogens is 3. The van der Waals surface area contributed by atoms with Gasteiger partial charge in [-0.05, 0) is 30.7 Å². The van der Waals surface area contributed by atoms with Crippen LogP contribution in [0.2, 0.25) is 0 Å². The number of benzene rings is 1. The van der Waals surface area contributed by atoms with E-state index < -0.39 is 42.1 Å². The molecular weight excluding hydrogens is 363 g/mol. The Balaban J connectivity index is 1.46. The molecule has 0 aromatic heterocycles. The number of likely N-dealkylation sites (tertiary alicyclic amines) is 1. The lowest BCUT2D eigenvalue weighted by Gasteiger charge is -2.43. The van der Waals surface area contributed by atoms with Crippen LogP contribution in [0.15, 0.2) is 30.3 Å². The molecule has 2 heterocycles. The molecule has 4 rings (SSSR count). The largest absolute Gasteiger partial charge is 0.406 e. The molecular formula is C18H18F3N3O3. The van der Waals surface area contributed by atoms with Crippen LogP contribution in [0.1, 0.15) is 30.7 Å². The molecule has 27 heavy (non-hydrogen) atoms. The number of amides is 4. The van der Waals surface area contributed by atoms with Gasteiger partial charge in [0.2, 0.25) is 5.91 Å². The Hall–Kier alpha value is -2.58.